The largest absolute Gasteiger partial charge is 0.378 e. The van der Waals surface area contributed by atoms with Crippen molar-refractivity contribution in [2.75, 3.05) is 13.2 Å². The maximum atomic E-state index is 6.39. The first-order valence-electron chi connectivity index (χ1n) is 8.25. The lowest BCUT2D eigenvalue weighted by Crippen LogP contribution is -2.35. The third-order valence-corrected chi connectivity index (χ3v) is 4.50. The van der Waals surface area contributed by atoms with E-state index in [0.717, 1.165) is 49.2 Å². The molecule has 0 aliphatic heterocycles. The second-order valence-corrected chi connectivity index (χ2v) is 6.27. The minimum absolute atomic E-state index is 0.295. The van der Waals surface area contributed by atoms with Crippen LogP contribution < -0.4 is 5.32 Å². The van der Waals surface area contributed by atoms with Crippen LogP contribution in [0, 0.1) is 5.92 Å². The molecular weight excluding hydrogens is 286 g/mol. The predicted molar refractivity (Wildman–Crippen MR) is 86.7 cm³/mol. The lowest BCUT2D eigenvalue weighted by atomic mass is 9.77. The Hall–Kier alpha value is -0.580. The second-order valence-electron chi connectivity index (χ2n) is 5.86. The highest BCUT2D eigenvalue weighted by atomic mass is 35.5. The van der Waals surface area contributed by atoms with E-state index in [1.54, 1.807) is 6.20 Å². The van der Waals surface area contributed by atoms with E-state index in [2.05, 4.69) is 35.9 Å². The number of nitrogens with zero attached hydrogens (tertiary/aromatic N) is 2. The van der Waals surface area contributed by atoms with E-state index in [4.69, 9.17) is 16.3 Å². The Bertz CT molecular complexity index is 429. The molecule has 2 rings (SSSR count). The quantitative estimate of drug-likeness (QED) is 0.753. The van der Waals surface area contributed by atoms with Crippen LogP contribution in [-0.4, -0.2) is 29.0 Å². The molecule has 0 bridgehead atoms. The zero-order valence-corrected chi connectivity index (χ0v) is 14.2. The van der Waals surface area contributed by atoms with Crippen LogP contribution in [0.25, 0.3) is 0 Å². The van der Waals surface area contributed by atoms with Crippen LogP contribution in [-0.2, 0) is 11.3 Å². The zero-order chi connectivity index (χ0) is 15.2. The van der Waals surface area contributed by atoms with Crippen LogP contribution in [0.2, 0.25) is 5.02 Å². The average molecular weight is 314 g/mol. The van der Waals surface area contributed by atoms with Crippen molar-refractivity contribution in [2.45, 2.75) is 65.1 Å². The fraction of sp³-hybridized carbons (Fsp3) is 0.812. The second kappa shape index (κ2) is 8.16. The summed E-state index contributed by atoms with van der Waals surface area (Å²) in [6.07, 6.45) is 6.79. The Labute approximate surface area is 133 Å². The number of rotatable bonds is 9. The maximum Gasteiger partial charge on any atom is 0.0834 e. The Morgan fingerprint density at radius 1 is 1.43 bits per heavy atom. The number of hydrogen-bond donors (Lipinski definition) is 1. The third kappa shape index (κ3) is 4.21. The molecular formula is C16H28ClN3O. The van der Waals surface area contributed by atoms with Gasteiger partial charge in [-0.05, 0) is 45.1 Å². The molecule has 21 heavy (non-hydrogen) atoms. The molecule has 0 radical (unpaired) electrons. The van der Waals surface area contributed by atoms with Crippen molar-refractivity contribution in [3.63, 3.8) is 0 Å². The molecule has 1 aromatic rings. The van der Waals surface area contributed by atoms with Gasteiger partial charge in [0.25, 0.3) is 0 Å². The highest BCUT2D eigenvalue weighted by Gasteiger charge is 2.33. The number of hydrogen-bond acceptors (Lipinski definition) is 3. The molecule has 1 saturated carbocycles. The molecule has 1 unspecified atom stereocenters. The summed E-state index contributed by atoms with van der Waals surface area (Å²) >= 11 is 6.39. The van der Waals surface area contributed by atoms with Crippen molar-refractivity contribution in [1.29, 1.82) is 0 Å². The topological polar surface area (TPSA) is 39.1 Å². The molecule has 1 atom stereocenters. The molecule has 1 N–H and O–H groups in total. The van der Waals surface area contributed by atoms with Crippen LogP contribution in [0.1, 0.15) is 58.2 Å². The van der Waals surface area contributed by atoms with E-state index >= 15 is 0 Å². The van der Waals surface area contributed by atoms with Crippen LogP contribution >= 0.6 is 11.6 Å². The Morgan fingerprint density at radius 2 is 2.19 bits per heavy atom. The lowest BCUT2D eigenvalue weighted by molar-refractivity contribution is -0.0293. The van der Waals surface area contributed by atoms with E-state index in [1.807, 2.05) is 0 Å². The van der Waals surface area contributed by atoms with Crippen LogP contribution in [0.15, 0.2) is 6.20 Å². The molecule has 1 aromatic heterocycles. The molecule has 1 heterocycles. The van der Waals surface area contributed by atoms with Gasteiger partial charge in [0.05, 0.1) is 29.1 Å². The fourth-order valence-electron chi connectivity index (χ4n) is 3.22. The Balaban J connectivity index is 2.00. The fourth-order valence-corrected chi connectivity index (χ4v) is 3.49. The van der Waals surface area contributed by atoms with Crippen LogP contribution in [0.5, 0.6) is 0 Å². The smallest absolute Gasteiger partial charge is 0.0834 e. The first-order valence-corrected chi connectivity index (χ1v) is 8.63. The van der Waals surface area contributed by atoms with Crippen molar-refractivity contribution >= 4 is 11.6 Å². The SMILES string of the molecule is CCCn1ncc(Cl)c1C(CC1CC(OCC)C1)NCC. The molecule has 1 aliphatic carbocycles. The highest BCUT2D eigenvalue weighted by molar-refractivity contribution is 6.31. The summed E-state index contributed by atoms with van der Waals surface area (Å²) in [6.45, 7) is 9.07. The lowest BCUT2D eigenvalue weighted by Gasteiger charge is -2.37. The number of halogens is 1. The van der Waals surface area contributed by atoms with Crippen molar-refractivity contribution in [2.24, 2.45) is 5.92 Å². The van der Waals surface area contributed by atoms with Gasteiger partial charge in [-0.25, -0.2) is 0 Å². The van der Waals surface area contributed by atoms with Gasteiger partial charge >= 0.3 is 0 Å². The van der Waals surface area contributed by atoms with Gasteiger partial charge in [-0.1, -0.05) is 25.4 Å². The van der Waals surface area contributed by atoms with Gasteiger partial charge < -0.3 is 10.1 Å². The van der Waals surface area contributed by atoms with Crippen molar-refractivity contribution in [3.05, 3.63) is 16.9 Å². The van der Waals surface area contributed by atoms with Gasteiger partial charge in [0.15, 0.2) is 0 Å². The first kappa shape index (κ1) is 16.8. The minimum atomic E-state index is 0.295. The first-order chi connectivity index (χ1) is 10.2. The molecule has 0 amide bonds. The van der Waals surface area contributed by atoms with Crippen molar-refractivity contribution in [3.8, 4) is 0 Å². The number of nitrogens with one attached hydrogen (secondary N) is 1. The van der Waals surface area contributed by atoms with Crippen LogP contribution in [0.4, 0.5) is 0 Å². The Kier molecular flexibility index (Phi) is 6.52. The molecule has 0 spiro atoms. The molecule has 1 fully saturated rings. The summed E-state index contributed by atoms with van der Waals surface area (Å²) in [5.41, 5.74) is 1.15. The minimum Gasteiger partial charge on any atom is -0.378 e. The molecule has 0 saturated heterocycles. The van der Waals surface area contributed by atoms with Crippen molar-refractivity contribution < 1.29 is 4.74 Å². The number of ether oxygens (including phenoxy) is 1. The number of aromatic nitrogens is 2. The van der Waals surface area contributed by atoms with Gasteiger partial charge in [0, 0.05) is 13.2 Å². The van der Waals surface area contributed by atoms with E-state index in [1.165, 1.54) is 12.8 Å². The van der Waals surface area contributed by atoms with Gasteiger partial charge in [0.2, 0.25) is 0 Å². The summed E-state index contributed by atoms with van der Waals surface area (Å²) in [4.78, 5) is 0. The average Bonchev–Trinajstić information content (AvgIpc) is 2.77. The highest BCUT2D eigenvalue weighted by Crippen LogP contribution is 2.38. The zero-order valence-electron chi connectivity index (χ0n) is 13.4. The van der Waals surface area contributed by atoms with Crippen LogP contribution in [0.3, 0.4) is 0 Å². The third-order valence-electron chi connectivity index (χ3n) is 4.21. The Morgan fingerprint density at radius 3 is 2.81 bits per heavy atom. The van der Waals surface area contributed by atoms with Gasteiger partial charge in [0.1, 0.15) is 0 Å². The van der Waals surface area contributed by atoms with E-state index < -0.39 is 0 Å². The van der Waals surface area contributed by atoms with Gasteiger partial charge in [-0.3, -0.25) is 4.68 Å². The molecule has 5 heteroatoms. The molecule has 1 aliphatic rings. The van der Waals surface area contributed by atoms with Crippen molar-refractivity contribution in [1.82, 2.24) is 15.1 Å². The molecule has 4 nitrogen and oxygen atoms in total. The summed E-state index contributed by atoms with van der Waals surface area (Å²) < 4.78 is 7.73. The van der Waals surface area contributed by atoms with E-state index in [9.17, 15) is 0 Å². The summed E-state index contributed by atoms with van der Waals surface area (Å²) in [5, 5.41) is 8.80. The molecule has 0 aromatic carbocycles. The normalized spacial score (nSPS) is 23.0. The van der Waals surface area contributed by atoms with Gasteiger partial charge in [-0.2, -0.15) is 5.10 Å². The predicted octanol–water partition coefficient (Wildman–Crippen LogP) is 3.80. The standard InChI is InChI=1S/C16H28ClN3O/c1-4-7-20-16(14(17)11-19-20)15(18-5-2)10-12-8-13(9-12)21-6-3/h11-13,15,18H,4-10H2,1-3H3. The van der Waals surface area contributed by atoms with E-state index in [0.29, 0.717) is 12.1 Å². The monoisotopic (exact) mass is 313 g/mol. The summed E-state index contributed by atoms with van der Waals surface area (Å²) in [6, 6.07) is 0.295. The summed E-state index contributed by atoms with van der Waals surface area (Å²) in [7, 11) is 0. The van der Waals surface area contributed by atoms with Gasteiger partial charge in [-0.15, -0.1) is 0 Å². The molecule has 120 valence electrons. The summed E-state index contributed by atoms with van der Waals surface area (Å²) in [5.74, 6) is 0.728. The number of aryl methyl sites for hydroxylation is 1. The maximum absolute atomic E-state index is 6.39. The van der Waals surface area contributed by atoms with E-state index in [-0.39, 0.29) is 0 Å².